The fourth-order valence-corrected chi connectivity index (χ4v) is 2.39. The molecular weight excluding hydrogens is 377 g/mol. The summed E-state index contributed by atoms with van der Waals surface area (Å²) in [4.78, 5) is 23.0. The summed E-state index contributed by atoms with van der Waals surface area (Å²) in [5.74, 6) is -0.945. The highest BCUT2D eigenvalue weighted by atomic mass is 35.5. The molecule has 3 N–H and O–H groups in total. The quantitative estimate of drug-likeness (QED) is 0.583. The molecule has 132 valence electrons. The molecular formula is C18H13Cl2N3O3. The molecule has 6 nitrogen and oxygen atoms in total. The highest BCUT2D eigenvalue weighted by Crippen LogP contribution is 2.26. The molecule has 0 fully saturated rings. The van der Waals surface area contributed by atoms with E-state index in [-0.39, 0.29) is 23.0 Å². The van der Waals surface area contributed by atoms with Crippen LogP contribution in [0.3, 0.4) is 0 Å². The van der Waals surface area contributed by atoms with Gasteiger partial charge in [0, 0.05) is 10.7 Å². The van der Waals surface area contributed by atoms with E-state index in [4.69, 9.17) is 33.7 Å². The second-order valence-corrected chi connectivity index (χ2v) is 5.92. The minimum atomic E-state index is -0.630. The lowest BCUT2D eigenvalue weighted by atomic mass is 10.1. The van der Waals surface area contributed by atoms with Gasteiger partial charge in [-0.2, -0.15) is 5.26 Å². The molecule has 0 aromatic heterocycles. The molecule has 8 heteroatoms. The summed E-state index contributed by atoms with van der Waals surface area (Å²) in [6, 6.07) is 13.0. The second kappa shape index (κ2) is 8.90. The van der Waals surface area contributed by atoms with Crippen molar-refractivity contribution in [2.24, 2.45) is 5.73 Å². The Hall–Kier alpha value is -3.01. The van der Waals surface area contributed by atoms with Crippen molar-refractivity contribution in [3.8, 4) is 11.8 Å². The number of rotatable bonds is 6. The number of nitrogens with two attached hydrogens (primary N) is 1. The number of carbonyl (C=O) groups excluding carboxylic acids is 2. The Kier molecular flexibility index (Phi) is 6.61. The number of carbonyl (C=O) groups is 2. The molecule has 0 saturated heterocycles. The Bertz CT molecular complexity index is 920. The SMILES string of the molecule is N#C/C(=C\c1ccc(OCC(N)=O)c(Cl)c1)C(=O)Nc1cccc(Cl)c1. The van der Waals surface area contributed by atoms with Crippen molar-refractivity contribution in [2.45, 2.75) is 0 Å². The number of amides is 2. The van der Waals surface area contributed by atoms with Gasteiger partial charge in [0.15, 0.2) is 6.61 Å². The molecule has 2 aromatic carbocycles. The van der Waals surface area contributed by atoms with Gasteiger partial charge < -0.3 is 15.8 Å². The summed E-state index contributed by atoms with van der Waals surface area (Å²) in [5.41, 5.74) is 5.87. The van der Waals surface area contributed by atoms with E-state index in [2.05, 4.69) is 5.32 Å². The van der Waals surface area contributed by atoms with Crippen LogP contribution in [0.5, 0.6) is 5.75 Å². The van der Waals surface area contributed by atoms with Gasteiger partial charge >= 0.3 is 0 Å². The first-order chi connectivity index (χ1) is 12.4. The average molecular weight is 390 g/mol. The highest BCUT2D eigenvalue weighted by Gasteiger charge is 2.11. The monoisotopic (exact) mass is 389 g/mol. The summed E-state index contributed by atoms with van der Waals surface area (Å²) in [6.45, 7) is -0.305. The van der Waals surface area contributed by atoms with Crippen molar-refractivity contribution in [3.05, 3.63) is 63.6 Å². The maximum absolute atomic E-state index is 12.2. The van der Waals surface area contributed by atoms with Crippen molar-refractivity contribution in [2.75, 3.05) is 11.9 Å². The number of anilines is 1. The lowest BCUT2D eigenvalue weighted by Crippen LogP contribution is -2.20. The van der Waals surface area contributed by atoms with Crippen molar-refractivity contribution in [3.63, 3.8) is 0 Å². The number of nitrogens with one attached hydrogen (secondary N) is 1. The van der Waals surface area contributed by atoms with Crippen LogP contribution in [0.1, 0.15) is 5.56 Å². The zero-order chi connectivity index (χ0) is 19.1. The maximum atomic E-state index is 12.2. The van der Waals surface area contributed by atoms with Crippen LogP contribution in [0.4, 0.5) is 5.69 Å². The first-order valence-electron chi connectivity index (χ1n) is 7.28. The van der Waals surface area contributed by atoms with Gasteiger partial charge in [-0.05, 0) is 42.0 Å². The van der Waals surface area contributed by atoms with Crippen LogP contribution in [0.25, 0.3) is 6.08 Å². The van der Waals surface area contributed by atoms with Crippen LogP contribution in [0, 0.1) is 11.3 Å². The summed E-state index contributed by atoms with van der Waals surface area (Å²) in [6.07, 6.45) is 1.38. The molecule has 26 heavy (non-hydrogen) atoms. The van der Waals surface area contributed by atoms with Gasteiger partial charge in [0.1, 0.15) is 17.4 Å². The lowest BCUT2D eigenvalue weighted by Gasteiger charge is -2.07. The van der Waals surface area contributed by atoms with Crippen LogP contribution in [-0.2, 0) is 9.59 Å². The molecule has 0 bridgehead atoms. The van der Waals surface area contributed by atoms with Crippen molar-refractivity contribution in [1.29, 1.82) is 5.26 Å². The summed E-state index contributed by atoms with van der Waals surface area (Å²) in [5, 5.41) is 12.5. The minimum Gasteiger partial charge on any atom is -0.482 e. The van der Waals surface area contributed by atoms with E-state index in [1.807, 2.05) is 6.07 Å². The first kappa shape index (κ1) is 19.3. The Labute approximate surface area is 159 Å². The molecule has 0 heterocycles. The number of halogens is 2. The van der Waals surface area contributed by atoms with E-state index >= 15 is 0 Å². The number of ether oxygens (including phenoxy) is 1. The number of hydrogen-bond acceptors (Lipinski definition) is 4. The van der Waals surface area contributed by atoms with E-state index in [0.717, 1.165) is 0 Å². The fourth-order valence-electron chi connectivity index (χ4n) is 1.95. The Balaban J connectivity index is 2.17. The van der Waals surface area contributed by atoms with Gasteiger partial charge in [-0.15, -0.1) is 0 Å². The topological polar surface area (TPSA) is 105 Å². The third-order valence-corrected chi connectivity index (χ3v) is 3.61. The van der Waals surface area contributed by atoms with E-state index in [0.29, 0.717) is 16.3 Å². The molecule has 0 saturated carbocycles. The number of nitrogens with zero attached hydrogens (tertiary/aromatic N) is 1. The Morgan fingerprint density at radius 2 is 2.00 bits per heavy atom. The molecule has 2 aromatic rings. The van der Waals surface area contributed by atoms with E-state index in [9.17, 15) is 14.9 Å². The molecule has 0 atom stereocenters. The van der Waals surface area contributed by atoms with Gasteiger partial charge in [0.2, 0.25) is 0 Å². The van der Waals surface area contributed by atoms with Crippen molar-refractivity contribution in [1.82, 2.24) is 0 Å². The van der Waals surface area contributed by atoms with Gasteiger partial charge in [0.05, 0.1) is 5.02 Å². The molecule has 0 aliphatic carbocycles. The summed E-state index contributed by atoms with van der Waals surface area (Å²) >= 11 is 11.9. The molecule has 2 amide bonds. The molecule has 0 unspecified atom stereocenters. The predicted molar refractivity (Wildman–Crippen MR) is 99.8 cm³/mol. The molecule has 0 aliphatic heterocycles. The predicted octanol–water partition coefficient (Wildman–Crippen LogP) is 3.40. The molecule has 0 aliphatic rings. The van der Waals surface area contributed by atoms with Crippen LogP contribution >= 0.6 is 23.2 Å². The van der Waals surface area contributed by atoms with Gasteiger partial charge in [-0.1, -0.05) is 35.3 Å². The lowest BCUT2D eigenvalue weighted by molar-refractivity contribution is -0.120. The maximum Gasteiger partial charge on any atom is 0.266 e. The van der Waals surface area contributed by atoms with E-state index in [1.165, 1.54) is 18.2 Å². The average Bonchev–Trinajstić information content (AvgIpc) is 2.58. The zero-order valence-electron chi connectivity index (χ0n) is 13.3. The second-order valence-electron chi connectivity index (χ2n) is 5.08. The summed E-state index contributed by atoms with van der Waals surface area (Å²) in [7, 11) is 0. The third kappa shape index (κ3) is 5.52. The van der Waals surface area contributed by atoms with Crippen LogP contribution in [0.2, 0.25) is 10.0 Å². The number of hydrogen-bond donors (Lipinski definition) is 2. The Morgan fingerprint density at radius 3 is 2.62 bits per heavy atom. The number of primary amides is 1. The molecule has 0 spiro atoms. The zero-order valence-corrected chi connectivity index (χ0v) is 14.8. The van der Waals surface area contributed by atoms with E-state index < -0.39 is 11.8 Å². The fraction of sp³-hybridized carbons (Fsp3) is 0.0556. The normalized spacial score (nSPS) is 10.7. The summed E-state index contributed by atoms with van der Waals surface area (Å²) < 4.78 is 5.14. The standard InChI is InChI=1S/C18H13Cl2N3O3/c19-13-2-1-3-14(8-13)23-18(25)12(9-21)6-11-4-5-16(15(20)7-11)26-10-17(22)24/h1-8H,10H2,(H2,22,24)(H,23,25)/b12-6+. The number of benzene rings is 2. The smallest absolute Gasteiger partial charge is 0.266 e. The van der Waals surface area contributed by atoms with E-state index in [1.54, 1.807) is 30.3 Å². The van der Waals surface area contributed by atoms with Gasteiger partial charge in [0.25, 0.3) is 11.8 Å². The highest BCUT2D eigenvalue weighted by molar-refractivity contribution is 6.32. The van der Waals surface area contributed by atoms with Crippen molar-refractivity contribution >= 4 is 46.8 Å². The first-order valence-corrected chi connectivity index (χ1v) is 8.04. The van der Waals surface area contributed by atoms with Gasteiger partial charge in [-0.25, -0.2) is 0 Å². The number of nitriles is 1. The van der Waals surface area contributed by atoms with Crippen LogP contribution < -0.4 is 15.8 Å². The third-order valence-electron chi connectivity index (χ3n) is 3.08. The van der Waals surface area contributed by atoms with Crippen LogP contribution in [0.15, 0.2) is 48.0 Å². The molecule has 0 radical (unpaired) electrons. The van der Waals surface area contributed by atoms with Gasteiger partial charge in [-0.3, -0.25) is 9.59 Å². The minimum absolute atomic E-state index is 0.119. The van der Waals surface area contributed by atoms with Crippen molar-refractivity contribution < 1.29 is 14.3 Å². The Morgan fingerprint density at radius 1 is 1.23 bits per heavy atom. The van der Waals surface area contributed by atoms with Crippen LogP contribution in [-0.4, -0.2) is 18.4 Å². The molecule has 2 rings (SSSR count). The largest absolute Gasteiger partial charge is 0.482 e.